The number of nitrogens with zero attached hydrogens (tertiary/aromatic N) is 2. The van der Waals surface area contributed by atoms with Crippen molar-refractivity contribution in [1.29, 1.82) is 0 Å². The summed E-state index contributed by atoms with van der Waals surface area (Å²) in [5, 5.41) is 10.1. The van der Waals surface area contributed by atoms with E-state index < -0.39 is 6.10 Å². The Balaban J connectivity index is 1.88. The standard InChI is InChI=1S/C18H21FN2O3/c1-23-17-6-7-20-15(18(17)24-2)11-21-10-14(22)9-16(21)12-4-3-5-13(19)8-12/h3-8,14,16,22H,9-11H2,1-2H3/t14-,16-/m1/s1. The summed E-state index contributed by atoms with van der Waals surface area (Å²) in [5.74, 6) is 0.926. The van der Waals surface area contributed by atoms with Gasteiger partial charge in [-0.05, 0) is 24.1 Å². The van der Waals surface area contributed by atoms with Crippen LogP contribution in [0.5, 0.6) is 11.5 Å². The molecule has 2 heterocycles. The number of ether oxygens (including phenoxy) is 2. The fourth-order valence-electron chi connectivity index (χ4n) is 3.27. The monoisotopic (exact) mass is 332 g/mol. The quantitative estimate of drug-likeness (QED) is 0.912. The lowest BCUT2D eigenvalue weighted by Gasteiger charge is -2.25. The molecule has 24 heavy (non-hydrogen) atoms. The average Bonchev–Trinajstić information content (AvgIpc) is 2.95. The number of pyridine rings is 1. The van der Waals surface area contributed by atoms with E-state index in [0.29, 0.717) is 31.0 Å². The van der Waals surface area contributed by atoms with Crippen LogP contribution in [0, 0.1) is 5.82 Å². The molecule has 2 aromatic rings. The highest BCUT2D eigenvalue weighted by Crippen LogP contribution is 2.36. The molecule has 0 amide bonds. The summed E-state index contributed by atoms with van der Waals surface area (Å²) >= 11 is 0. The molecular formula is C18H21FN2O3. The van der Waals surface area contributed by atoms with Crippen LogP contribution in [0.25, 0.3) is 0 Å². The second-order valence-electron chi connectivity index (χ2n) is 5.88. The maximum absolute atomic E-state index is 13.6. The molecule has 0 unspecified atom stereocenters. The summed E-state index contributed by atoms with van der Waals surface area (Å²) in [6.45, 7) is 0.988. The molecule has 6 heteroatoms. The van der Waals surface area contributed by atoms with Gasteiger partial charge in [-0.2, -0.15) is 0 Å². The molecule has 3 rings (SSSR count). The Labute approximate surface area is 140 Å². The van der Waals surface area contributed by atoms with Crippen molar-refractivity contribution >= 4 is 0 Å². The molecule has 0 radical (unpaired) electrons. The maximum Gasteiger partial charge on any atom is 0.183 e. The van der Waals surface area contributed by atoms with Gasteiger partial charge in [0, 0.05) is 31.4 Å². The minimum Gasteiger partial charge on any atom is -0.493 e. The number of aromatic nitrogens is 1. The van der Waals surface area contributed by atoms with Crippen molar-refractivity contribution in [3.63, 3.8) is 0 Å². The SMILES string of the molecule is COc1ccnc(CN2C[C@H](O)C[C@@H]2c2cccc(F)c2)c1OC. The number of likely N-dealkylation sites (tertiary alicyclic amines) is 1. The summed E-state index contributed by atoms with van der Waals surface area (Å²) in [5.41, 5.74) is 1.58. The van der Waals surface area contributed by atoms with Crippen molar-refractivity contribution < 1.29 is 19.0 Å². The van der Waals surface area contributed by atoms with Gasteiger partial charge in [0.15, 0.2) is 11.5 Å². The van der Waals surface area contributed by atoms with Gasteiger partial charge in [-0.1, -0.05) is 12.1 Å². The topological polar surface area (TPSA) is 54.8 Å². The van der Waals surface area contributed by atoms with Crippen molar-refractivity contribution in [3.05, 3.63) is 53.6 Å². The highest BCUT2D eigenvalue weighted by atomic mass is 19.1. The first-order valence-corrected chi connectivity index (χ1v) is 7.85. The van der Waals surface area contributed by atoms with E-state index in [1.165, 1.54) is 12.1 Å². The molecule has 5 nitrogen and oxygen atoms in total. The lowest BCUT2D eigenvalue weighted by Crippen LogP contribution is -2.25. The summed E-state index contributed by atoms with van der Waals surface area (Å²) in [4.78, 5) is 6.48. The number of benzene rings is 1. The van der Waals surface area contributed by atoms with E-state index >= 15 is 0 Å². The molecule has 2 atom stereocenters. The van der Waals surface area contributed by atoms with Crippen LogP contribution in [0.1, 0.15) is 23.7 Å². The average molecular weight is 332 g/mol. The second-order valence-corrected chi connectivity index (χ2v) is 5.88. The van der Waals surface area contributed by atoms with Gasteiger partial charge in [-0.15, -0.1) is 0 Å². The first-order valence-electron chi connectivity index (χ1n) is 7.85. The van der Waals surface area contributed by atoms with Crippen LogP contribution in [0.15, 0.2) is 36.5 Å². The molecule has 1 aliphatic rings. The highest BCUT2D eigenvalue weighted by molar-refractivity contribution is 5.42. The van der Waals surface area contributed by atoms with Crippen LogP contribution in [-0.4, -0.2) is 41.9 Å². The third kappa shape index (κ3) is 3.34. The van der Waals surface area contributed by atoms with E-state index in [1.807, 2.05) is 6.07 Å². The normalized spacial score (nSPS) is 21.0. The van der Waals surface area contributed by atoms with Gasteiger partial charge in [0.05, 0.1) is 20.3 Å². The van der Waals surface area contributed by atoms with Gasteiger partial charge in [0.1, 0.15) is 11.5 Å². The molecule has 0 bridgehead atoms. The van der Waals surface area contributed by atoms with E-state index in [4.69, 9.17) is 9.47 Å². The number of aliphatic hydroxyl groups is 1. The van der Waals surface area contributed by atoms with Crippen LogP contribution < -0.4 is 9.47 Å². The zero-order valence-electron chi connectivity index (χ0n) is 13.8. The lowest BCUT2D eigenvalue weighted by atomic mass is 10.0. The predicted molar refractivity (Wildman–Crippen MR) is 87.5 cm³/mol. The zero-order chi connectivity index (χ0) is 17.1. The van der Waals surface area contributed by atoms with Gasteiger partial charge < -0.3 is 14.6 Å². The Morgan fingerprint density at radius 3 is 2.83 bits per heavy atom. The number of rotatable bonds is 5. The van der Waals surface area contributed by atoms with Crippen molar-refractivity contribution in [1.82, 2.24) is 9.88 Å². The van der Waals surface area contributed by atoms with E-state index in [1.54, 1.807) is 32.5 Å². The molecule has 0 spiro atoms. The Morgan fingerprint density at radius 1 is 1.29 bits per heavy atom. The van der Waals surface area contributed by atoms with Gasteiger partial charge in [0.2, 0.25) is 0 Å². The predicted octanol–water partition coefficient (Wildman–Crippen LogP) is 2.55. The lowest BCUT2D eigenvalue weighted by molar-refractivity contribution is 0.171. The molecule has 0 aliphatic carbocycles. The Hall–Kier alpha value is -2.18. The Kier molecular flexibility index (Phi) is 4.97. The van der Waals surface area contributed by atoms with Crippen molar-refractivity contribution in [3.8, 4) is 11.5 Å². The van der Waals surface area contributed by atoms with Crippen molar-refractivity contribution in [2.24, 2.45) is 0 Å². The first-order chi connectivity index (χ1) is 11.6. The number of hydrogen-bond donors (Lipinski definition) is 1. The number of β-amino-alcohol motifs (C(OH)–C–C–N with tert-alkyl or cyclic N) is 1. The molecule has 0 saturated carbocycles. The number of methoxy groups -OCH3 is 2. The smallest absolute Gasteiger partial charge is 0.183 e. The second kappa shape index (κ2) is 7.15. The Bertz CT molecular complexity index is 710. The van der Waals surface area contributed by atoms with Crippen LogP contribution in [0.2, 0.25) is 0 Å². The molecule has 1 saturated heterocycles. The molecule has 1 fully saturated rings. The molecule has 1 aromatic carbocycles. The van der Waals surface area contributed by atoms with E-state index in [-0.39, 0.29) is 11.9 Å². The van der Waals surface area contributed by atoms with Crippen LogP contribution in [-0.2, 0) is 6.54 Å². The van der Waals surface area contributed by atoms with Gasteiger partial charge in [-0.25, -0.2) is 4.39 Å². The largest absolute Gasteiger partial charge is 0.493 e. The fourth-order valence-corrected chi connectivity index (χ4v) is 3.27. The summed E-state index contributed by atoms with van der Waals surface area (Å²) in [6, 6.07) is 8.20. The molecule has 128 valence electrons. The number of aliphatic hydroxyl groups excluding tert-OH is 1. The zero-order valence-corrected chi connectivity index (χ0v) is 13.8. The van der Waals surface area contributed by atoms with Gasteiger partial charge in [0.25, 0.3) is 0 Å². The van der Waals surface area contributed by atoms with Gasteiger partial charge in [-0.3, -0.25) is 9.88 Å². The molecule has 1 N–H and O–H groups in total. The van der Waals surface area contributed by atoms with Crippen LogP contribution in [0.4, 0.5) is 4.39 Å². The minimum atomic E-state index is -0.449. The molecular weight excluding hydrogens is 311 g/mol. The van der Waals surface area contributed by atoms with Crippen molar-refractivity contribution in [2.75, 3.05) is 20.8 Å². The van der Waals surface area contributed by atoms with Gasteiger partial charge >= 0.3 is 0 Å². The highest BCUT2D eigenvalue weighted by Gasteiger charge is 2.33. The number of halogens is 1. The molecule has 1 aromatic heterocycles. The maximum atomic E-state index is 13.6. The van der Waals surface area contributed by atoms with Crippen LogP contribution >= 0.6 is 0 Å². The van der Waals surface area contributed by atoms with E-state index in [9.17, 15) is 9.50 Å². The van der Waals surface area contributed by atoms with E-state index in [2.05, 4.69) is 9.88 Å². The summed E-state index contributed by atoms with van der Waals surface area (Å²) < 4.78 is 24.3. The van der Waals surface area contributed by atoms with Crippen molar-refractivity contribution in [2.45, 2.75) is 25.1 Å². The third-order valence-electron chi connectivity index (χ3n) is 4.33. The molecule has 1 aliphatic heterocycles. The fraction of sp³-hybridized carbons (Fsp3) is 0.389. The first kappa shape index (κ1) is 16.7. The van der Waals surface area contributed by atoms with E-state index in [0.717, 1.165) is 11.3 Å². The minimum absolute atomic E-state index is 0.0617. The number of hydrogen-bond acceptors (Lipinski definition) is 5. The Morgan fingerprint density at radius 2 is 2.12 bits per heavy atom. The summed E-state index contributed by atoms with van der Waals surface area (Å²) in [7, 11) is 3.16. The summed E-state index contributed by atoms with van der Waals surface area (Å²) in [6.07, 6.45) is 1.78. The van der Waals surface area contributed by atoms with Crippen LogP contribution in [0.3, 0.4) is 0 Å². The third-order valence-corrected chi connectivity index (χ3v) is 4.33.